The Balaban J connectivity index is 1.71. The Labute approximate surface area is 151 Å². The number of hydrogen-bond acceptors (Lipinski definition) is 6. The number of nitrogens with zero attached hydrogens (tertiary/aromatic N) is 2. The molecule has 0 aliphatic carbocycles. The summed E-state index contributed by atoms with van der Waals surface area (Å²) in [5.41, 5.74) is 0.776. The summed E-state index contributed by atoms with van der Waals surface area (Å²) in [4.78, 5) is 26.5. The van der Waals surface area contributed by atoms with E-state index in [1.807, 2.05) is 30.0 Å². The Kier molecular flexibility index (Phi) is 5.40. The predicted octanol–water partition coefficient (Wildman–Crippen LogP) is 1.72. The van der Waals surface area contributed by atoms with Gasteiger partial charge in [0.25, 0.3) is 5.91 Å². The number of para-hydroxylation sites is 2. The number of ether oxygens (including phenoxy) is 1. The Morgan fingerprint density at radius 2 is 2.15 bits per heavy atom. The van der Waals surface area contributed by atoms with E-state index < -0.39 is 6.10 Å². The molecule has 1 aromatic carbocycles. The molecule has 0 saturated carbocycles. The third-order valence-electron chi connectivity index (χ3n) is 3.93. The summed E-state index contributed by atoms with van der Waals surface area (Å²) in [5.74, 6) is 1.14. The van der Waals surface area contributed by atoms with Gasteiger partial charge in [-0.05, 0) is 25.5 Å². The molecule has 8 nitrogen and oxygen atoms in total. The van der Waals surface area contributed by atoms with Crippen LogP contribution in [0.5, 0.6) is 5.75 Å². The van der Waals surface area contributed by atoms with Gasteiger partial charge in [0.05, 0.1) is 18.8 Å². The normalized spacial score (nSPS) is 15.8. The first-order valence-corrected chi connectivity index (χ1v) is 8.58. The maximum absolute atomic E-state index is 12.4. The van der Waals surface area contributed by atoms with Gasteiger partial charge in [0.1, 0.15) is 11.5 Å². The standard InChI is InChI=1S/C18H22N4O4/c1-3-8-19-18(24)15-10-22(13-6-4-5-7-14(13)25-15)11-17(23)20-16-9-12(2)26-21-16/h4-7,9,15H,3,8,10-11H2,1-2H3,(H,19,24)(H,20,21,23)/t15-/m1/s1. The van der Waals surface area contributed by atoms with Crippen LogP contribution < -0.4 is 20.3 Å². The monoisotopic (exact) mass is 358 g/mol. The first-order chi connectivity index (χ1) is 12.6. The zero-order chi connectivity index (χ0) is 18.5. The van der Waals surface area contributed by atoms with Crippen LogP contribution in [0, 0.1) is 6.92 Å². The molecule has 0 radical (unpaired) electrons. The molecule has 138 valence electrons. The van der Waals surface area contributed by atoms with Crippen molar-refractivity contribution in [1.29, 1.82) is 0 Å². The van der Waals surface area contributed by atoms with Crippen molar-refractivity contribution < 1.29 is 18.8 Å². The van der Waals surface area contributed by atoms with Crippen LogP contribution in [0.2, 0.25) is 0 Å². The van der Waals surface area contributed by atoms with E-state index >= 15 is 0 Å². The van der Waals surface area contributed by atoms with Crippen LogP contribution in [0.4, 0.5) is 11.5 Å². The van der Waals surface area contributed by atoms with Crippen LogP contribution in [-0.2, 0) is 9.59 Å². The number of rotatable bonds is 6. The largest absolute Gasteiger partial charge is 0.477 e. The van der Waals surface area contributed by atoms with Crippen LogP contribution in [0.25, 0.3) is 0 Å². The molecule has 0 saturated heterocycles. The minimum atomic E-state index is -0.668. The van der Waals surface area contributed by atoms with Crippen molar-refractivity contribution in [2.24, 2.45) is 0 Å². The van der Waals surface area contributed by atoms with E-state index in [4.69, 9.17) is 9.26 Å². The van der Waals surface area contributed by atoms with Crippen molar-refractivity contribution in [3.63, 3.8) is 0 Å². The van der Waals surface area contributed by atoms with Gasteiger partial charge in [-0.2, -0.15) is 0 Å². The number of benzene rings is 1. The molecule has 3 rings (SSSR count). The molecule has 0 unspecified atom stereocenters. The third-order valence-corrected chi connectivity index (χ3v) is 3.93. The predicted molar refractivity (Wildman–Crippen MR) is 96.2 cm³/mol. The Morgan fingerprint density at radius 1 is 1.35 bits per heavy atom. The molecule has 1 atom stereocenters. The average molecular weight is 358 g/mol. The van der Waals surface area contributed by atoms with Crippen LogP contribution in [0.15, 0.2) is 34.9 Å². The SMILES string of the molecule is CCCNC(=O)[C@H]1CN(CC(=O)Nc2cc(C)on2)c2ccccc2O1. The Morgan fingerprint density at radius 3 is 2.88 bits per heavy atom. The quantitative estimate of drug-likeness (QED) is 0.816. The lowest BCUT2D eigenvalue weighted by molar-refractivity contribution is -0.128. The number of aryl methyl sites for hydroxylation is 1. The molecule has 2 N–H and O–H groups in total. The number of amides is 2. The van der Waals surface area contributed by atoms with E-state index in [0.717, 1.165) is 12.1 Å². The van der Waals surface area contributed by atoms with E-state index in [-0.39, 0.29) is 24.9 Å². The first kappa shape index (κ1) is 17.8. The minimum Gasteiger partial charge on any atom is -0.477 e. The molecule has 8 heteroatoms. The van der Waals surface area contributed by atoms with Crippen LogP contribution >= 0.6 is 0 Å². The summed E-state index contributed by atoms with van der Waals surface area (Å²) in [7, 11) is 0. The molecule has 26 heavy (non-hydrogen) atoms. The number of carbonyl (C=O) groups excluding carboxylic acids is 2. The van der Waals surface area contributed by atoms with Crippen molar-refractivity contribution in [3.05, 3.63) is 36.1 Å². The summed E-state index contributed by atoms with van der Waals surface area (Å²) < 4.78 is 10.8. The smallest absolute Gasteiger partial charge is 0.262 e. The van der Waals surface area contributed by atoms with E-state index in [1.165, 1.54) is 0 Å². The Hall–Kier alpha value is -3.03. The maximum atomic E-state index is 12.4. The van der Waals surface area contributed by atoms with Gasteiger partial charge in [0, 0.05) is 12.6 Å². The molecule has 2 heterocycles. The lowest BCUT2D eigenvalue weighted by Gasteiger charge is -2.35. The highest BCUT2D eigenvalue weighted by atomic mass is 16.5. The van der Waals surface area contributed by atoms with Crippen molar-refractivity contribution in [3.8, 4) is 5.75 Å². The number of hydrogen-bond donors (Lipinski definition) is 2. The van der Waals surface area contributed by atoms with Crippen LogP contribution in [-0.4, -0.2) is 42.7 Å². The topological polar surface area (TPSA) is 96.7 Å². The van der Waals surface area contributed by atoms with E-state index in [9.17, 15) is 9.59 Å². The highest BCUT2D eigenvalue weighted by molar-refractivity contribution is 5.94. The fourth-order valence-corrected chi connectivity index (χ4v) is 2.74. The van der Waals surface area contributed by atoms with Gasteiger partial charge in [0.15, 0.2) is 11.9 Å². The Bertz CT molecular complexity index is 789. The van der Waals surface area contributed by atoms with E-state index in [2.05, 4.69) is 15.8 Å². The van der Waals surface area contributed by atoms with Crippen molar-refractivity contribution in [1.82, 2.24) is 10.5 Å². The molecule has 0 bridgehead atoms. The zero-order valence-electron chi connectivity index (χ0n) is 14.8. The highest BCUT2D eigenvalue weighted by Gasteiger charge is 2.31. The highest BCUT2D eigenvalue weighted by Crippen LogP contribution is 2.32. The average Bonchev–Trinajstić information content (AvgIpc) is 3.04. The molecule has 1 aliphatic heterocycles. The minimum absolute atomic E-state index is 0.0733. The number of aromatic nitrogens is 1. The molecular weight excluding hydrogens is 336 g/mol. The summed E-state index contributed by atoms with van der Waals surface area (Å²) >= 11 is 0. The summed E-state index contributed by atoms with van der Waals surface area (Å²) in [6.45, 7) is 4.69. The van der Waals surface area contributed by atoms with Gasteiger partial charge < -0.3 is 24.8 Å². The molecule has 0 spiro atoms. The third kappa shape index (κ3) is 4.14. The van der Waals surface area contributed by atoms with Gasteiger partial charge >= 0.3 is 0 Å². The van der Waals surface area contributed by atoms with Gasteiger partial charge in [-0.3, -0.25) is 9.59 Å². The molecule has 1 aliphatic rings. The zero-order valence-corrected chi connectivity index (χ0v) is 14.8. The van der Waals surface area contributed by atoms with Crippen LogP contribution in [0.3, 0.4) is 0 Å². The fraction of sp³-hybridized carbons (Fsp3) is 0.389. The lowest BCUT2D eigenvalue weighted by atomic mass is 10.1. The summed E-state index contributed by atoms with van der Waals surface area (Å²) in [6.07, 6.45) is 0.178. The molecular formula is C18H22N4O4. The van der Waals surface area contributed by atoms with E-state index in [0.29, 0.717) is 23.9 Å². The summed E-state index contributed by atoms with van der Waals surface area (Å²) in [6, 6.07) is 9.00. The molecule has 2 aromatic rings. The van der Waals surface area contributed by atoms with E-state index in [1.54, 1.807) is 19.1 Å². The van der Waals surface area contributed by atoms with Crippen molar-refractivity contribution >= 4 is 23.3 Å². The first-order valence-electron chi connectivity index (χ1n) is 8.58. The number of nitrogens with one attached hydrogen (secondary N) is 2. The second-order valence-corrected chi connectivity index (χ2v) is 6.12. The van der Waals surface area contributed by atoms with Crippen LogP contribution in [0.1, 0.15) is 19.1 Å². The number of anilines is 2. The fourth-order valence-electron chi connectivity index (χ4n) is 2.74. The van der Waals surface area contributed by atoms with Gasteiger partial charge in [-0.15, -0.1) is 0 Å². The second kappa shape index (κ2) is 7.90. The second-order valence-electron chi connectivity index (χ2n) is 6.12. The van der Waals surface area contributed by atoms with Gasteiger partial charge in [0.2, 0.25) is 5.91 Å². The van der Waals surface area contributed by atoms with Gasteiger partial charge in [-0.25, -0.2) is 0 Å². The van der Waals surface area contributed by atoms with Crippen molar-refractivity contribution in [2.75, 3.05) is 29.9 Å². The van der Waals surface area contributed by atoms with Crippen molar-refractivity contribution in [2.45, 2.75) is 26.4 Å². The number of carbonyl (C=O) groups is 2. The maximum Gasteiger partial charge on any atom is 0.262 e. The summed E-state index contributed by atoms with van der Waals surface area (Å²) in [5, 5.41) is 9.28. The number of fused-ring (bicyclic) bond motifs is 1. The molecule has 0 fully saturated rings. The van der Waals surface area contributed by atoms with Gasteiger partial charge in [-0.1, -0.05) is 24.2 Å². The molecule has 1 aromatic heterocycles. The molecule has 2 amide bonds. The lowest BCUT2D eigenvalue weighted by Crippen LogP contribution is -2.50.